The first kappa shape index (κ1) is 12.2. The molecule has 1 rings (SSSR count). The smallest absolute Gasteiger partial charge is 0.322 e. The number of hydrogen-bond acceptors (Lipinski definition) is 4. The zero-order valence-corrected chi connectivity index (χ0v) is 8.85. The molecule has 1 heterocycles. The van der Waals surface area contributed by atoms with Crippen LogP contribution in [0.15, 0.2) is 12.7 Å². The van der Waals surface area contributed by atoms with Gasteiger partial charge in [0.15, 0.2) is 0 Å². The normalized spacial score (nSPS) is 27.8. The van der Waals surface area contributed by atoms with E-state index in [1.54, 1.807) is 0 Å². The summed E-state index contributed by atoms with van der Waals surface area (Å²) in [5.74, 6) is -1.55. The molecule has 0 spiro atoms. The molecule has 1 saturated heterocycles. The molecular formula is C8H13NO5S. The first-order valence-corrected chi connectivity index (χ1v) is 6.00. The Bertz CT molecular complexity index is 363. The van der Waals surface area contributed by atoms with Crippen LogP contribution in [0.5, 0.6) is 0 Å². The molecule has 0 aromatic rings. The van der Waals surface area contributed by atoms with Gasteiger partial charge in [0.2, 0.25) is 10.0 Å². The molecular weight excluding hydrogens is 222 g/mol. The first-order chi connectivity index (χ1) is 6.88. The van der Waals surface area contributed by atoms with Gasteiger partial charge in [-0.15, -0.1) is 6.58 Å². The number of sulfonamides is 1. The zero-order chi connectivity index (χ0) is 11.6. The molecule has 0 aromatic heterocycles. The van der Waals surface area contributed by atoms with Gasteiger partial charge >= 0.3 is 5.97 Å². The van der Waals surface area contributed by atoms with Crippen molar-refractivity contribution in [2.24, 2.45) is 0 Å². The van der Waals surface area contributed by atoms with E-state index in [2.05, 4.69) is 6.58 Å². The maximum atomic E-state index is 11.6. The molecule has 2 atom stereocenters. The van der Waals surface area contributed by atoms with E-state index in [1.165, 1.54) is 6.08 Å². The second kappa shape index (κ2) is 4.30. The molecule has 1 unspecified atom stereocenters. The van der Waals surface area contributed by atoms with Crippen LogP contribution >= 0.6 is 0 Å². The lowest BCUT2D eigenvalue weighted by atomic mass is 10.2. The Hall–Kier alpha value is -0.920. The topological polar surface area (TPSA) is 94.9 Å². The largest absolute Gasteiger partial charge is 0.480 e. The van der Waals surface area contributed by atoms with Gasteiger partial charge in [-0.2, -0.15) is 4.31 Å². The molecule has 7 heteroatoms. The fourth-order valence-corrected chi connectivity index (χ4v) is 3.01. The highest BCUT2D eigenvalue weighted by atomic mass is 32.2. The summed E-state index contributed by atoms with van der Waals surface area (Å²) >= 11 is 0. The Morgan fingerprint density at radius 3 is 2.67 bits per heavy atom. The van der Waals surface area contributed by atoms with Gasteiger partial charge in [-0.05, 0) is 0 Å². The van der Waals surface area contributed by atoms with Crippen molar-refractivity contribution in [3.63, 3.8) is 0 Å². The van der Waals surface area contributed by atoms with Crippen LogP contribution in [0.25, 0.3) is 0 Å². The summed E-state index contributed by atoms with van der Waals surface area (Å²) in [5, 5.41) is 18.0. The van der Waals surface area contributed by atoms with Crippen molar-refractivity contribution in [1.29, 1.82) is 0 Å². The number of nitrogens with zero attached hydrogens (tertiary/aromatic N) is 1. The van der Waals surface area contributed by atoms with Gasteiger partial charge in [-0.1, -0.05) is 6.08 Å². The lowest BCUT2D eigenvalue weighted by molar-refractivity contribution is -0.140. The van der Waals surface area contributed by atoms with Crippen LogP contribution < -0.4 is 0 Å². The maximum Gasteiger partial charge on any atom is 0.322 e. The number of carbonyl (C=O) groups is 1. The third-order valence-corrected chi connectivity index (χ3v) is 3.98. The minimum atomic E-state index is -3.66. The van der Waals surface area contributed by atoms with Gasteiger partial charge in [0, 0.05) is 13.0 Å². The molecule has 0 aromatic carbocycles. The number of carboxylic acids is 1. The summed E-state index contributed by atoms with van der Waals surface area (Å²) in [6, 6.07) is -1.16. The highest BCUT2D eigenvalue weighted by Gasteiger charge is 2.42. The summed E-state index contributed by atoms with van der Waals surface area (Å²) < 4.78 is 24.0. The molecule has 1 fully saturated rings. The van der Waals surface area contributed by atoms with Crippen molar-refractivity contribution in [2.45, 2.75) is 18.6 Å². The SMILES string of the molecule is C=CCS(=O)(=O)N1CC(O)C[C@H]1C(=O)O. The van der Waals surface area contributed by atoms with Crippen LogP contribution in [0.2, 0.25) is 0 Å². The van der Waals surface area contributed by atoms with E-state index in [0.29, 0.717) is 0 Å². The predicted molar refractivity (Wildman–Crippen MR) is 52.7 cm³/mol. The highest BCUT2D eigenvalue weighted by Crippen LogP contribution is 2.22. The van der Waals surface area contributed by atoms with Crippen LogP contribution in [0.3, 0.4) is 0 Å². The van der Waals surface area contributed by atoms with E-state index in [1.807, 2.05) is 0 Å². The summed E-state index contributed by atoms with van der Waals surface area (Å²) in [6.07, 6.45) is 0.218. The number of rotatable bonds is 4. The van der Waals surface area contributed by atoms with E-state index >= 15 is 0 Å². The fraction of sp³-hybridized carbons (Fsp3) is 0.625. The van der Waals surface area contributed by atoms with Gasteiger partial charge in [-0.25, -0.2) is 8.42 Å². The maximum absolute atomic E-state index is 11.6. The molecule has 15 heavy (non-hydrogen) atoms. The Morgan fingerprint density at radius 2 is 2.20 bits per heavy atom. The molecule has 0 aliphatic carbocycles. The van der Waals surface area contributed by atoms with Crippen molar-refractivity contribution < 1.29 is 23.4 Å². The monoisotopic (exact) mass is 235 g/mol. The van der Waals surface area contributed by atoms with E-state index in [0.717, 1.165) is 4.31 Å². The summed E-state index contributed by atoms with van der Waals surface area (Å²) in [5.41, 5.74) is 0. The highest BCUT2D eigenvalue weighted by molar-refractivity contribution is 7.89. The Balaban J connectivity index is 2.93. The number of aliphatic hydroxyl groups excluding tert-OH is 1. The van der Waals surface area contributed by atoms with Crippen molar-refractivity contribution in [2.75, 3.05) is 12.3 Å². The average Bonchev–Trinajstić information content (AvgIpc) is 2.47. The second-order valence-corrected chi connectivity index (χ2v) is 5.35. The third kappa shape index (κ3) is 2.55. The van der Waals surface area contributed by atoms with Gasteiger partial charge in [0.1, 0.15) is 6.04 Å². The number of β-amino-alcohol motifs (C(OH)–C–C–N with tert-alkyl or cyclic N) is 1. The van der Waals surface area contributed by atoms with Crippen LogP contribution in [0.4, 0.5) is 0 Å². The predicted octanol–water partition coefficient (Wildman–Crippen LogP) is -0.978. The molecule has 1 aliphatic heterocycles. The van der Waals surface area contributed by atoms with Gasteiger partial charge < -0.3 is 10.2 Å². The standard InChI is InChI=1S/C8H13NO5S/c1-2-3-15(13,14)9-5-6(10)4-7(9)8(11)12/h2,6-7,10H,1,3-5H2,(H,11,12)/t6?,7-/m0/s1. The number of carboxylic acid groups (broad SMARTS) is 1. The van der Waals surface area contributed by atoms with E-state index < -0.39 is 28.1 Å². The van der Waals surface area contributed by atoms with E-state index in [9.17, 15) is 18.3 Å². The Labute approximate surface area is 87.9 Å². The first-order valence-electron chi connectivity index (χ1n) is 4.39. The van der Waals surface area contributed by atoms with E-state index in [-0.39, 0.29) is 18.7 Å². The van der Waals surface area contributed by atoms with Crippen LogP contribution in [-0.2, 0) is 14.8 Å². The molecule has 0 amide bonds. The second-order valence-electron chi connectivity index (χ2n) is 3.38. The summed E-state index contributed by atoms with van der Waals surface area (Å²) in [6.45, 7) is 3.13. The van der Waals surface area contributed by atoms with Crippen molar-refractivity contribution in [3.05, 3.63) is 12.7 Å². The molecule has 0 saturated carbocycles. The minimum absolute atomic E-state index is 0.0638. The zero-order valence-electron chi connectivity index (χ0n) is 8.04. The third-order valence-electron chi connectivity index (χ3n) is 2.20. The number of hydrogen-bond donors (Lipinski definition) is 2. The minimum Gasteiger partial charge on any atom is -0.480 e. The average molecular weight is 235 g/mol. The molecule has 2 N–H and O–H groups in total. The summed E-state index contributed by atoms with van der Waals surface area (Å²) in [7, 11) is -3.66. The molecule has 6 nitrogen and oxygen atoms in total. The van der Waals surface area contributed by atoms with Gasteiger partial charge in [0.05, 0.1) is 11.9 Å². The van der Waals surface area contributed by atoms with Crippen LogP contribution in [0, 0.1) is 0 Å². The van der Waals surface area contributed by atoms with Gasteiger partial charge in [-0.3, -0.25) is 4.79 Å². The van der Waals surface area contributed by atoms with Crippen molar-refractivity contribution in [3.8, 4) is 0 Å². The fourth-order valence-electron chi connectivity index (χ4n) is 1.56. The van der Waals surface area contributed by atoms with Crippen LogP contribution in [0.1, 0.15) is 6.42 Å². The molecule has 86 valence electrons. The quantitative estimate of drug-likeness (QED) is 0.611. The number of aliphatic carboxylic acids is 1. The van der Waals surface area contributed by atoms with Gasteiger partial charge in [0.25, 0.3) is 0 Å². The number of aliphatic hydroxyl groups is 1. The summed E-state index contributed by atoms with van der Waals surface area (Å²) in [4.78, 5) is 10.8. The van der Waals surface area contributed by atoms with Crippen LogP contribution in [-0.4, -0.2) is 53.3 Å². The Kier molecular flexibility index (Phi) is 3.48. The molecule has 0 radical (unpaired) electrons. The van der Waals surface area contributed by atoms with Crippen molar-refractivity contribution in [1.82, 2.24) is 4.31 Å². The molecule has 0 bridgehead atoms. The van der Waals surface area contributed by atoms with Crippen molar-refractivity contribution >= 4 is 16.0 Å². The Morgan fingerprint density at radius 1 is 1.60 bits per heavy atom. The lowest BCUT2D eigenvalue weighted by Crippen LogP contribution is -2.41. The lowest BCUT2D eigenvalue weighted by Gasteiger charge is -2.19. The van der Waals surface area contributed by atoms with E-state index in [4.69, 9.17) is 5.11 Å². The molecule has 1 aliphatic rings.